The maximum absolute atomic E-state index is 12.4. The quantitative estimate of drug-likeness (QED) is 0.820. The Balaban J connectivity index is 1.99. The molecule has 0 spiro atoms. The smallest absolute Gasteiger partial charge is 0.410 e. The Morgan fingerprint density at radius 1 is 1.23 bits per heavy atom. The molecule has 1 unspecified atom stereocenters. The molecule has 0 aromatic heterocycles. The van der Waals surface area contributed by atoms with Gasteiger partial charge in [-0.2, -0.15) is 0 Å². The molecule has 0 saturated carbocycles. The fourth-order valence-corrected chi connectivity index (χ4v) is 2.79. The summed E-state index contributed by atoms with van der Waals surface area (Å²) in [4.78, 5) is 14.2. The van der Waals surface area contributed by atoms with Gasteiger partial charge in [0.25, 0.3) is 0 Å². The van der Waals surface area contributed by atoms with E-state index in [4.69, 9.17) is 9.47 Å². The minimum absolute atomic E-state index is 0.121. The number of carbonyl (C=O) groups is 1. The highest BCUT2D eigenvalue weighted by atomic mass is 16.6. The number of ether oxygens (including phenoxy) is 2. The van der Waals surface area contributed by atoms with Crippen molar-refractivity contribution in [2.75, 3.05) is 6.54 Å². The van der Waals surface area contributed by atoms with E-state index >= 15 is 0 Å². The van der Waals surface area contributed by atoms with Gasteiger partial charge in [-0.3, -0.25) is 0 Å². The summed E-state index contributed by atoms with van der Waals surface area (Å²) < 4.78 is 11.6. The topological polar surface area (TPSA) is 38.8 Å². The maximum atomic E-state index is 12.4. The average molecular weight is 305 g/mol. The Labute approximate surface area is 133 Å². The van der Waals surface area contributed by atoms with Crippen LogP contribution >= 0.6 is 0 Å². The number of likely N-dealkylation sites (tertiary alicyclic amines) is 1. The van der Waals surface area contributed by atoms with E-state index in [1.807, 2.05) is 56.0 Å². The normalized spacial score (nSPS) is 21.3. The number of nitrogens with zero attached hydrogens (tertiary/aromatic N) is 1. The zero-order valence-electron chi connectivity index (χ0n) is 14.3. The molecule has 1 fully saturated rings. The standard InChI is InChI=1S/C18H27NO3/c1-17(2,3)22-16(20)19-12-11-15(13-18(19,4)5)21-14-9-7-6-8-10-14/h6-10,15H,11-13H2,1-5H3. The zero-order chi connectivity index (χ0) is 16.4. The summed E-state index contributed by atoms with van der Waals surface area (Å²) in [7, 11) is 0. The van der Waals surface area contributed by atoms with Gasteiger partial charge in [0.2, 0.25) is 0 Å². The Bertz CT molecular complexity index is 505. The first-order valence-corrected chi connectivity index (χ1v) is 7.90. The van der Waals surface area contributed by atoms with E-state index in [0.29, 0.717) is 6.54 Å². The molecule has 0 radical (unpaired) electrons. The molecular formula is C18H27NO3. The van der Waals surface area contributed by atoms with Crippen LogP contribution in [0.15, 0.2) is 30.3 Å². The van der Waals surface area contributed by atoms with E-state index in [9.17, 15) is 4.79 Å². The lowest BCUT2D eigenvalue weighted by atomic mass is 9.89. The SMILES string of the molecule is CC(C)(C)OC(=O)N1CCC(Oc2ccccc2)CC1(C)C. The summed E-state index contributed by atoms with van der Waals surface area (Å²) in [6, 6.07) is 9.84. The summed E-state index contributed by atoms with van der Waals surface area (Å²) in [5, 5.41) is 0. The van der Waals surface area contributed by atoms with Gasteiger partial charge in [0, 0.05) is 24.9 Å². The average Bonchev–Trinajstić information content (AvgIpc) is 2.36. The van der Waals surface area contributed by atoms with Crippen molar-refractivity contribution in [3.63, 3.8) is 0 Å². The van der Waals surface area contributed by atoms with E-state index < -0.39 is 5.60 Å². The van der Waals surface area contributed by atoms with Crippen molar-refractivity contribution in [1.82, 2.24) is 4.90 Å². The minimum Gasteiger partial charge on any atom is -0.490 e. The molecular weight excluding hydrogens is 278 g/mol. The molecule has 1 aromatic rings. The van der Waals surface area contributed by atoms with Crippen molar-refractivity contribution >= 4 is 6.09 Å². The number of benzene rings is 1. The number of rotatable bonds is 2. The molecule has 1 aliphatic rings. The fraction of sp³-hybridized carbons (Fsp3) is 0.611. The molecule has 1 heterocycles. The van der Waals surface area contributed by atoms with E-state index in [-0.39, 0.29) is 17.7 Å². The third kappa shape index (κ3) is 4.39. The molecule has 2 rings (SSSR count). The molecule has 1 atom stereocenters. The van der Waals surface area contributed by atoms with Crippen LogP contribution < -0.4 is 4.74 Å². The second kappa shape index (κ2) is 6.19. The van der Waals surface area contributed by atoms with Crippen LogP contribution in [0.5, 0.6) is 5.75 Å². The minimum atomic E-state index is -0.468. The van der Waals surface area contributed by atoms with Crippen LogP contribution in [0.1, 0.15) is 47.5 Å². The van der Waals surface area contributed by atoms with Gasteiger partial charge in [-0.15, -0.1) is 0 Å². The second-order valence-corrected chi connectivity index (χ2v) is 7.49. The van der Waals surface area contributed by atoms with Crippen LogP contribution in [-0.2, 0) is 4.74 Å². The maximum Gasteiger partial charge on any atom is 0.410 e. The predicted octanol–water partition coefficient (Wildman–Crippen LogP) is 4.24. The number of carbonyl (C=O) groups excluding carboxylic acids is 1. The Morgan fingerprint density at radius 2 is 1.86 bits per heavy atom. The monoisotopic (exact) mass is 305 g/mol. The summed E-state index contributed by atoms with van der Waals surface area (Å²) >= 11 is 0. The summed E-state index contributed by atoms with van der Waals surface area (Å²) in [6.45, 7) is 10.5. The molecule has 22 heavy (non-hydrogen) atoms. The van der Waals surface area contributed by atoms with E-state index in [1.54, 1.807) is 0 Å². The van der Waals surface area contributed by atoms with Gasteiger partial charge in [-0.1, -0.05) is 18.2 Å². The molecule has 4 heteroatoms. The van der Waals surface area contributed by atoms with E-state index in [1.165, 1.54) is 0 Å². The number of para-hydroxylation sites is 1. The van der Waals surface area contributed by atoms with E-state index in [2.05, 4.69) is 13.8 Å². The lowest BCUT2D eigenvalue weighted by molar-refractivity contribution is -0.0262. The lowest BCUT2D eigenvalue weighted by Gasteiger charge is -2.45. The summed E-state index contributed by atoms with van der Waals surface area (Å²) in [5.41, 5.74) is -0.745. The molecule has 1 saturated heterocycles. The van der Waals surface area contributed by atoms with Gasteiger partial charge < -0.3 is 14.4 Å². The van der Waals surface area contributed by atoms with Gasteiger partial charge in [0.05, 0.1) is 0 Å². The van der Waals surface area contributed by atoms with Crippen molar-refractivity contribution in [2.45, 2.75) is 64.7 Å². The highest BCUT2D eigenvalue weighted by Gasteiger charge is 2.40. The molecule has 1 aromatic carbocycles. The van der Waals surface area contributed by atoms with Gasteiger partial charge in [0.15, 0.2) is 0 Å². The van der Waals surface area contributed by atoms with Crippen molar-refractivity contribution in [3.8, 4) is 5.75 Å². The first kappa shape index (κ1) is 16.7. The van der Waals surface area contributed by atoms with Gasteiger partial charge in [0.1, 0.15) is 17.5 Å². The molecule has 0 aliphatic carbocycles. The first-order chi connectivity index (χ1) is 10.2. The van der Waals surface area contributed by atoms with Crippen LogP contribution in [0.4, 0.5) is 4.79 Å². The molecule has 0 bridgehead atoms. The molecule has 4 nitrogen and oxygen atoms in total. The van der Waals surface area contributed by atoms with Crippen molar-refractivity contribution in [2.24, 2.45) is 0 Å². The van der Waals surface area contributed by atoms with Gasteiger partial charge in [-0.05, 0) is 46.8 Å². The predicted molar refractivity (Wildman–Crippen MR) is 87.1 cm³/mol. The fourth-order valence-electron chi connectivity index (χ4n) is 2.79. The van der Waals surface area contributed by atoms with Crippen LogP contribution in [0.25, 0.3) is 0 Å². The first-order valence-electron chi connectivity index (χ1n) is 7.90. The Morgan fingerprint density at radius 3 is 2.41 bits per heavy atom. The molecule has 1 amide bonds. The number of hydrogen-bond donors (Lipinski definition) is 0. The molecule has 0 N–H and O–H groups in total. The van der Waals surface area contributed by atoms with Crippen LogP contribution in [0.2, 0.25) is 0 Å². The van der Waals surface area contributed by atoms with Crippen molar-refractivity contribution < 1.29 is 14.3 Å². The van der Waals surface area contributed by atoms with E-state index in [0.717, 1.165) is 18.6 Å². The zero-order valence-corrected chi connectivity index (χ0v) is 14.3. The number of amides is 1. The largest absolute Gasteiger partial charge is 0.490 e. The third-order valence-corrected chi connectivity index (χ3v) is 3.79. The van der Waals surface area contributed by atoms with Crippen LogP contribution in [0.3, 0.4) is 0 Å². The van der Waals surface area contributed by atoms with Crippen LogP contribution in [0, 0.1) is 0 Å². The number of piperidine rings is 1. The highest BCUT2D eigenvalue weighted by Crippen LogP contribution is 2.31. The van der Waals surface area contributed by atoms with Gasteiger partial charge >= 0.3 is 6.09 Å². The third-order valence-electron chi connectivity index (χ3n) is 3.79. The summed E-state index contributed by atoms with van der Waals surface area (Å²) in [6.07, 6.45) is 1.49. The number of hydrogen-bond acceptors (Lipinski definition) is 3. The lowest BCUT2D eigenvalue weighted by Crippen LogP contribution is -2.56. The molecule has 1 aliphatic heterocycles. The molecule has 122 valence electrons. The Hall–Kier alpha value is -1.71. The Kier molecular flexibility index (Phi) is 4.69. The highest BCUT2D eigenvalue weighted by molar-refractivity contribution is 5.69. The summed E-state index contributed by atoms with van der Waals surface area (Å²) in [5.74, 6) is 0.883. The second-order valence-electron chi connectivity index (χ2n) is 7.49. The van der Waals surface area contributed by atoms with Crippen LogP contribution in [-0.4, -0.2) is 34.8 Å². The van der Waals surface area contributed by atoms with Crippen molar-refractivity contribution in [1.29, 1.82) is 0 Å². The van der Waals surface area contributed by atoms with Crippen molar-refractivity contribution in [3.05, 3.63) is 30.3 Å². The van der Waals surface area contributed by atoms with Gasteiger partial charge in [-0.25, -0.2) is 4.79 Å².